The number of hydrogen-bond donors (Lipinski definition) is 12. The lowest BCUT2D eigenvalue weighted by atomic mass is 9.80. The van der Waals surface area contributed by atoms with Crippen molar-refractivity contribution in [3.63, 3.8) is 0 Å². The molecule has 0 spiro atoms. The van der Waals surface area contributed by atoms with Gasteiger partial charge in [0.15, 0.2) is 25.2 Å². The Morgan fingerprint density at radius 2 is 1.18 bits per heavy atom. The summed E-state index contributed by atoms with van der Waals surface area (Å²) in [7, 11) is 0. The van der Waals surface area contributed by atoms with E-state index in [4.69, 9.17) is 49.4 Å². The van der Waals surface area contributed by atoms with E-state index in [0.717, 1.165) is 31.3 Å². The van der Waals surface area contributed by atoms with Crippen molar-refractivity contribution in [1.82, 2.24) is 0 Å². The van der Waals surface area contributed by atoms with E-state index in [1.807, 2.05) is 13.0 Å². The fourth-order valence-corrected chi connectivity index (χ4v) is 8.91. The summed E-state index contributed by atoms with van der Waals surface area (Å²) in [6.07, 6.45) is -13.4. The molecule has 4 aliphatic heterocycles. The third-order valence-corrected chi connectivity index (χ3v) is 13.0. The maximum absolute atomic E-state index is 11.7. The molecule has 5 rings (SSSR count). The molecule has 4 heterocycles. The predicted molar refractivity (Wildman–Crippen MR) is 235 cm³/mol. The van der Waals surface area contributed by atoms with E-state index in [-0.39, 0.29) is 25.3 Å². The Labute approximate surface area is 386 Å². The second kappa shape index (κ2) is 25.8. The molecule has 5 aliphatic rings. The topological polar surface area (TPSA) is 341 Å². The Kier molecular flexibility index (Phi) is 21.5. The molecule has 22 atom stereocenters. The van der Waals surface area contributed by atoms with E-state index in [1.165, 1.54) is 11.1 Å². The average molecular weight is 948 g/mol. The molecule has 0 aromatic heterocycles. The highest BCUT2D eigenvalue weighted by molar-refractivity contribution is 5.72. The van der Waals surface area contributed by atoms with E-state index in [0.29, 0.717) is 6.42 Å². The van der Waals surface area contributed by atoms with Crippen molar-refractivity contribution >= 4 is 6.21 Å². The zero-order valence-corrected chi connectivity index (χ0v) is 38.6. The number of aliphatic imine (C=N–C) groups is 1. The molecule has 21 nitrogen and oxygen atoms in total. The first-order valence-corrected chi connectivity index (χ1v) is 23.2. The van der Waals surface area contributed by atoms with Gasteiger partial charge in [0.2, 0.25) is 0 Å². The first kappa shape index (κ1) is 55.0. The lowest BCUT2D eigenvalue weighted by Gasteiger charge is -2.47. The maximum atomic E-state index is 11.7. The quantitative estimate of drug-likeness (QED) is 0.0459. The molecule has 5 fully saturated rings. The number of aliphatic hydroxyl groups excluding tert-OH is 10. The normalized spacial score (nSPS) is 44.0. The Morgan fingerprint density at radius 3 is 1.86 bits per heavy atom. The van der Waals surface area contributed by atoms with Gasteiger partial charge in [-0.3, -0.25) is 4.99 Å². The highest BCUT2D eigenvalue weighted by Gasteiger charge is 2.55. The molecule has 0 bridgehead atoms. The van der Waals surface area contributed by atoms with Crippen molar-refractivity contribution in [2.24, 2.45) is 22.4 Å². The third-order valence-electron chi connectivity index (χ3n) is 13.0. The van der Waals surface area contributed by atoms with Gasteiger partial charge in [0.05, 0.1) is 44.6 Å². The monoisotopic (exact) mass is 948 g/mol. The molecule has 1 aliphatic carbocycles. The van der Waals surface area contributed by atoms with Crippen molar-refractivity contribution in [3.8, 4) is 0 Å². The van der Waals surface area contributed by atoms with Crippen LogP contribution in [0.3, 0.4) is 0 Å². The van der Waals surface area contributed by atoms with Crippen molar-refractivity contribution < 1.29 is 89.0 Å². The number of allylic oxidation sites excluding steroid dienone is 6. The van der Waals surface area contributed by atoms with Crippen LogP contribution < -0.4 is 11.5 Å². The molecule has 21 heteroatoms. The summed E-state index contributed by atoms with van der Waals surface area (Å²) >= 11 is 0. The smallest absolute Gasteiger partial charge is 0.187 e. The molecule has 0 aromatic carbocycles. The van der Waals surface area contributed by atoms with Crippen LogP contribution >= 0.6 is 0 Å². The van der Waals surface area contributed by atoms with Gasteiger partial charge in [-0.1, -0.05) is 35.8 Å². The number of nitrogens with two attached hydrogens (primary N) is 2. The Hall–Kier alpha value is -1.91. The van der Waals surface area contributed by atoms with Crippen molar-refractivity contribution in [1.29, 1.82) is 0 Å². The van der Waals surface area contributed by atoms with E-state index in [9.17, 15) is 51.1 Å². The molecule has 1 saturated carbocycles. The van der Waals surface area contributed by atoms with Gasteiger partial charge in [-0.15, -0.1) is 0 Å². The standard InChI is InChI=1S/C45H77N3O18/c1-21(2)8-6-9-22(3)10-7-11-23(4)14-15-48-17-27-40(65-44-37(57)36(56)34(54)29(19-50)61-44)35(55)32(47)43(60-27)64-41-30(20-51)62-45(38(41)58)66-42-33(53)24(5)16-25(46)39(42)63-31-13-12-26(52)28(18-49)59-31/h8,10,14-15,24-45,49-58H,6-7,9,11-13,16-20,46-47H2,1-5H3/b22-10+,23-14+,48-15+. The summed E-state index contributed by atoms with van der Waals surface area (Å²) in [6.45, 7) is 8.01. The fourth-order valence-electron chi connectivity index (χ4n) is 8.91. The first-order chi connectivity index (χ1) is 31.4. The lowest BCUT2D eigenvalue weighted by Crippen LogP contribution is -2.67. The van der Waals surface area contributed by atoms with Gasteiger partial charge in [0.1, 0.15) is 79.4 Å². The second-order valence-corrected chi connectivity index (χ2v) is 18.7. The lowest BCUT2D eigenvalue weighted by molar-refractivity contribution is -0.348. The average Bonchev–Trinajstić information content (AvgIpc) is 3.58. The minimum atomic E-state index is -1.81. The molecule has 0 aromatic rings. The summed E-state index contributed by atoms with van der Waals surface area (Å²) in [5.74, 6) is -0.371. The highest BCUT2D eigenvalue weighted by Crippen LogP contribution is 2.37. The Morgan fingerprint density at radius 1 is 0.591 bits per heavy atom. The number of rotatable bonds is 20. The van der Waals surface area contributed by atoms with E-state index < -0.39 is 149 Å². The fraction of sp³-hybridized carbons (Fsp3) is 0.844. The summed E-state index contributed by atoms with van der Waals surface area (Å²) < 4.78 is 48.1. The van der Waals surface area contributed by atoms with Crippen LogP contribution in [0.5, 0.6) is 0 Å². The zero-order chi connectivity index (χ0) is 48.4. The van der Waals surface area contributed by atoms with Gasteiger partial charge in [-0.25, -0.2) is 0 Å². The minimum absolute atomic E-state index is 0.167. The summed E-state index contributed by atoms with van der Waals surface area (Å²) in [4.78, 5) is 4.50. The molecule has 22 unspecified atom stereocenters. The first-order valence-electron chi connectivity index (χ1n) is 23.2. The number of ether oxygens (including phenoxy) is 8. The highest BCUT2D eigenvalue weighted by atomic mass is 16.8. The number of hydrogen-bond acceptors (Lipinski definition) is 21. The Bertz CT molecular complexity index is 1600. The largest absolute Gasteiger partial charge is 0.394 e. The van der Waals surface area contributed by atoms with Crippen molar-refractivity contribution in [2.45, 2.75) is 208 Å². The van der Waals surface area contributed by atoms with Gasteiger partial charge in [0, 0.05) is 18.7 Å². The van der Waals surface area contributed by atoms with Gasteiger partial charge in [0.25, 0.3) is 0 Å². The van der Waals surface area contributed by atoms with Crippen LogP contribution in [-0.2, 0) is 37.9 Å². The SMILES string of the molecule is CC(C)=CCC/C(C)=C/CC/C(C)=C/C=N/CC1OC(OC2C(CO)OC(OC3C(O)C(C)CC(N)C3OC3CCC(O)C(CO)O3)C2O)C(N)C(O)C1OC1OC(CO)C(O)C(O)C1O. The minimum Gasteiger partial charge on any atom is -0.394 e. The van der Waals surface area contributed by atoms with E-state index in [2.05, 4.69) is 37.9 Å². The second-order valence-electron chi connectivity index (χ2n) is 18.7. The van der Waals surface area contributed by atoms with Crippen LogP contribution in [-0.4, -0.2) is 212 Å². The molecule has 66 heavy (non-hydrogen) atoms. The molecule has 0 radical (unpaired) electrons. The van der Waals surface area contributed by atoms with Crippen molar-refractivity contribution in [3.05, 3.63) is 34.9 Å². The van der Waals surface area contributed by atoms with Crippen LogP contribution in [0.4, 0.5) is 0 Å². The summed E-state index contributed by atoms with van der Waals surface area (Å²) in [5.41, 5.74) is 16.7. The van der Waals surface area contributed by atoms with Gasteiger partial charge < -0.3 is 100 Å². The molecular weight excluding hydrogens is 870 g/mol. The van der Waals surface area contributed by atoms with Crippen LogP contribution in [0.1, 0.15) is 79.6 Å². The molecule has 0 amide bonds. The van der Waals surface area contributed by atoms with Crippen LogP contribution in [0, 0.1) is 5.92 Å². The van der Waals surface area contributed by atoms with Gasteiger partial charge in [-0.2, -0.15) is 0 Å². The van der Waals surface area contributed by atoms with Gasteiger partial charge in [-0.05, 0) is 78.2 Å². The van der Waals surface area contributed by atoms with Crippen LogP contribution in [0.25, 0.3) is 0 Å². The molecule has 4 saturated heterocycles. The summed E-state index contributed by atoms with van der Waals surface area (Å²) in [5, 5.41) is 106. The van der Waals surface area contributed by atoms with Crippen LogP contribution in [0.15, 0.2) is 39.9 Å². The van der Waals surface area contributed by atoms with Crippen molar-refractivity contribution in [2.75, 3.05) is 26.4 Å². The number of aliphatic hydroxyl groups is 10. The number of nitrogens with zero attached hydrogens (tertiary/aromatic N) is 1. The zero-order valence-electron chi connectivity index (χ0n) is 38.6. The predicted octanol–water partition coefficient (Wildman–Crippen LogP) is -2.11. The molecule has 380 valence electrons. The molecule has 14 N–H and O–H groups in total. The maximum Gasteiger partial charge on any atom is 0.187 e. The molecular formula is C45H77N3O18. The van der Waals surface area contributed by atoms with Gasteiger partial charge >= 0.3 is 0 Å². The van der Waals surface area contributed by atoms with E-state index >= 15 is 0 Å². The van der Waals surface area contributed by atoms with Crippen LogP contribution in [0.2, 0.25) is 0 Å². The summed E-state index contributed by atoms with van der Waals surface area (Å²) in [6, 6.07) is -2.09. The van der Waals surface area contributed by atoms with E-state index in [1.54, 1.807) is 13.1 Å². The third kappa shape index (κ3) is 14.1. The Balaban J connectivity index is 1.30.